The van der Waals surface area contributed by atoms with E-state index in [-0.39, 0.29) is 5.91 Å². The molecule has 0 bridgehead atoms. The zero-order valence-electron chi connectivity index (χ0n) is 13.0. The standard InChI is InChI=1S/C15H21N5OS/c1-11-6-16-20(7-11)9-14-4-3-5-19(14)8-13-10-22-15(18-13)17-12(2)21/h6-7,10,14H,3-5,8-9H2,1-2H3,(H,17,18,21). The van der Waals surface area contributed by atoms with E-state index in [1.165, 1.54) is 36.7 Å². The minimum Gasteiger partial charge on any atom is -0.302 e. The van der Waals surface area contributed by atoms with Gasteiger partial charge in [0.25, 0.3) is 0 Å². The van der Waals surface area contributed by atoms with Crippen LogP contribution in [0, 0.1) is 6.92 Å². The molecule has 2 aromatic heterocycles. The van der Waals surface area contributed by atoms with Crippen molar-refractivity contribution in [3.63, 3.8) is 0 Å². The smallest absolute Gasteiger partial charge is 0.223 e. The fourth-order valence-electron chi connectivity index (χ4n) is 2.89. The highest BCUT2D eigenvalue weighted by Crippen LogP contribution is 2.23. The highest BCUT2D eigenvalue weighted by molar-refractivity contribution is 7.13. The number of nitrogens with zero attached hydrogens (tertiary/aromatic N) is 4. The van der Waals surface area contributed by atoms with Gasteiger partial charge in [-0.15, -0.1) is 11.3 Å². The van der Waals surface area contributed by atoms with E-state index in [9.17, 15) is 4.79 Å². The number of aryl methyl sites for hydroxylation is 1. The molecule has 118 valence electrons. The number of anilines is 1. The number of hydrogen-bond donors (Lipinski definition) is 1. The predicted octanol–water partition coefficient (Wildman–Crippen LogP) is 2.27. The summed E-state index contributed by atoms with van der Waals surface area (Å²) in [5, 5.41) is 9.83. The van der Waals surface area contributed by atoms with Crippen LogP contribution in [-0.2, 0) is 17.9 Å². The van der Waals surface area contributed by atoms with E-state index >= 15 is 0 Å². The summed E-state index contributed by atoms with van der Waals surface area (Å²) < 4.78 is 2.03. The second-order valence-electron chi connectivity index (χ2n) is 5.83. The van der Waals surface area contributed by atoms with E-state index < -0.39 is 0 Å². The molecule has 1 unspecified atom stereocenters. The fourth-order valence-corrected chi connectivity index (χ4v) is 3.64. The normalized spacial score (nSPS) is 18.7. The lowest BCUT2D eigenvalue weighted by molar-refractivity contribution is -0.114. The van der Waals surface area contributed by atoms with Crippen LogP contribution in [-0.4, -0.2) is 38.2 Å². The second kappa shape index (κ2) is 6.58. The lowest BCUT2D eigenvalue weighted by atomic mass is 10.2. The highest BCUT2D eigenvalue weighted by atomic mass is 32.1. The van der Waals surface area contributed by atoms with Gasteiger partial charge in [0, 0.05) is 31.1 Å². The topological polar surface area (TPSA) is 63.1 Å². The number of rotatable bonds is 5. The number of thiazole rings is 1. The van der Waals surface area contributed by atoms with E-state index in [4.69, 9.17) is 0 Å². The maximum Gasteiger partial charge on any atom is 0.223 e. The van der Waals surface area contributed by atoms with Crippen molar-refractivity contribution in [1.29, 1.82) is 0 Å². The van der Waals surface area contributed by atoms with Crippen LogP contribution in [0.1, 0.15) is 31.0 Å². The summed E-state index contributed by atoms with van der Waals surface area (Å²) in [4.78, 5) is 18.0. The zero-order valence-corrected chi connectivity index (χ0v) is 13.8. The van der Waals surface area contributed by atoms with Crippen molar-refractivity contribution in [3.05, 3.63) is 29.0 Å². The first kappa shape index (κ1) is 15.2. The van der Waals surface area contributed by atoms with Gasteiger partial charge in [-0.2, -0.15) is 5.10 Å². The van der Waals surface area contributed by atoms with Crippen molar-refractivity contribution in [2.24, 2.45) is 0 Å². The van der Waals surface area contributed by atoms with Gasteiger partial charge >= 0.3 is 0 Å². The summed E-state index contributed by atoms with van der Waals surface area (Å²) >= 11 is 1.48. The molecule has 0 aromatic carbocycles. The van der Waals surface area contributed by atoms with E-state index in [1.54, 1.807) is 0 Å². The Morgan fingerprint density at radius 2 is 2.41 bits per heavy atom. The summed E-state index contributed by atoms with van der Waals surface area (Å²) in [7, 11) is 0. The van der Waals surface area contributed by atoms with E-state index in [2.05, 4.69) is 33.4 Å². The lowest BCUT2D eigenvalue weighted by Gasteiger charge is -2.23. The Balaban J connectivity index is 1.61. The first-order valence-electron chi connectivity index (χ1n) is 7.55. The average Bonchev–Trinajstić information content (AvgIpc) is 3.15. The Kier molecular flexibility index (Phi) is 4.54. The molecular formula is C15H21N5OS. The van der Waals surface area contributed by atoms with Gasteiger partial charge in [-0.3, -0.25) is 14.4 Å². The molecule has 1 saturated heterocycles. The monoisotopic (exact) mass is 319 g/mol. The van der Waals surface area contributed by atoms with Crippen LogP contribution in [0.25, 0.3) is 0 Å². The highest BCUT2D eigenvalue weighted by Gasteiger charge is 2.25. The summed E-state index contributed by atoms with van der Waals surface area (Å²) in [6.45, 7) is 6.42. The van der Waals surface area contributed by atoms with Crippen LogP contribution >= 0.6 is 11.3 Å². The van der Waals surface area contributed by atoms with Gasteiger partial charge in [-0.05, 0) is 31.9 Å². The van der Waals surface area contributed by atoms with Crippen LogP contribution in [0.5, 0.6) is 0 Å². The van der Waals surface area contributed by atoms with Gasteiger partial charge in [0.05, 0.1) is 18.4 Å². The van der Waals surface area contributed by atoms with Crippen LogP contribution < -0.4 is 5.32 Å². The van der Waals surface area contributed by atoms with Gasteiger partial charge in [0.15, 0.2) is 5.13 Å². The predicted molar refractivity (Wildman–Crippen MR) is 86.8 cm³/mol. The first-order valence-corrected chi connectivity index (χ1v) is 8.43. The Morgan fingerprint density at radius 3 is 3.14 bits per heavy atom. The number of aromatic nitrogens is 3. The first-order chi connectivity index (χ1) is 10.6. The fraction of sp³-hybridized carbons (Fsp3) is 0.533. The Morgan fingerprint density at radius 1 is 1.55 bits per heavy atom. The molecule has 22 heavy (non-hydrogen) atoms. The molecule has 2 aromatic rings. The second-order valence-corrected chi connectivity index (χ2v) is 6.69. The molecule has 0 aliphatic carbocycles. The molecule has 0 saturated carbocycles. The molecule has 1 amide bonds. The summed E-state index contributed by atoms with van der Waals surface area (Å²) in [6.07, 6.45) is 6.41. The molecule has 6 nitrogen and oxygen atoms in total. The van der Waals surface area contributed by atoms with Crippen molar-refractivity contribution in [2.45, 2.75) is 45.8 Å². The Bertz CT molecular complexity index is 650. The number of carbonyl (C=O) groups is 1. The average molecular weight is 319 g/mol. The van der Waals surface area contributed by atoms with E-state index in [0.717, 1.165) is 25.3 Å². The van der Waals surface area contributed by atoms with Gasteiger partial charge in [-0.1, -0.05) is 0 Å². The van der Waals surface area contributed by atoms with Crippen molar-refractivity contribution >= 4 is 22.4 Å². The number of likely N-dealkylation sites (tertiary alicyclic amines) is 1. The molecular weight excluding hydrogens is 298 g/mol. The SMILES string of the molecule is CC(=O)Nc1nc(CN2CCCC2Cn2cc(C)cn2)cs1. The van der Waals surface area contributed by atoms with Gasteiger partial charge < -0.3 is 5.32 Å². The van der Waals surface area contributed by atoms with E-state index in [0.29, 0.717) is 11.2 Å². The maximum absolute atomic E-state index is 11.1. The molecule has 1 aliphatic rings. The number of amides is 1. The van der Waals surface area contributed by atoms with Crippen LogP contribution in [0.15, 0.2) is 17.8 Å². The van der Waals surface area contributed by atoms with Crippen LogP contribution in [0.4, 0.5) is 5.13 Å². The number of hydrogen-bond acceptors (Lipinski definition) is 5. The van der Waals surface area contributed by atoms with Gasteiger partial charge in [0.1, 0.15) is 0 Å². The minimum atomic E-state index is -0.0750. The lowest BCUT2D eigenvalue weighted by Crippen LogP contribution is -2.32. The Labute approximate surface area is 134 Å². The van der Waals surface area contributed by atoms with E-state index in [1.807, 2.05) is 16.3 Å². The van der Waals surface area contributed by atoms with Crippen LogP contribution in [0.2, 0.25) is 0 Å². The Hall–Kier alpha value is -1.73. The van der Waals surface area contributed by atoms with Crippen molar-refractivity contribution in [2.75, 3.05) is 11.9 Å². The summed E-state index contributed by atoms with van der Waals surface area (Å²) in [5.41, 5.74) is 2.22. The molecule has 1 N–H and O–H groups in total. The third-order valence-electron chi connectivity index (χ3n) is 3.86. The molecule has 0 spiro atoms. The van der Waals surface area contributed by atoms with Crippen LogP contribution in [0.3, 0.4) is 0 Å². The van der Waals surface area contributed by atoms with Crippen molar-refractivity contribution in [3.8, 4) is 0 Å². The molecule has 1 atom stereocenters. The van der Waals surface area contributed by atoms with Gasteiger partial charge in [0.2, 0.25) is 5.91 Å². The molecule has 7 heteroatoms. The number of carbonyl (C=O) groups excluding carboxylic acids is 1. The molecule has 3 heterocycles. The minimum absolute atomic E-state index is 0.0750. The third kappa shape index (κ3) is 3.72. The molecule has 3 rings (SSSR count). The maximum atomic E-state index is 11.1. The van der Waals surface area contributed by atoms with Gasteiger partial charge in [-0.25, -0.2) is 4.98 Å². The molecule has 1 fully saturated rings. The zero-order chi connectivity index (χ0) is 15.5. The molecule has 0 radical (unpaired) electrons. The largest absolute Gasteiger partial charge is 0.302 e. The van der Waals surface area contributed by atoms with Crippen molar-refractivity contribution < 1.29 is 4.79 Å². The summed E-state index contributed by atoms with van der Waals surface area (Å²) in [6, 6.07) is 0.505. The van der Waals surface area contributed by atoms with Crippen molar-refractivity contribution in [1.82, 2.24) is 19.7 Å². The third-order valence-corrected chi connectivity index (χ3v) is 4.67. The molecule has 1 aliphatic heterocycles. The summed E-state index contributed by atoms with van der Waals surface area (Å²) in [5.74, 6) is -0.0750. The quantitative estimate of drug-likeness (QED) is 0.918. The number of nitrogens with one attached hydrogen (secondary N) is 1.